The number of rotatable bonds is 4. The van der Waals surface area contributed by atoms with Crippen molar-refractivity contribution in [2.45, 2.75) is 13.0 Å². The second-order valence-electron chi connectivity index (χ2n) is 5.27. The molecule has 5 nitrogen and oxygen atoms in total. The number of carbonyl (C=O) groups is 1. The maximum atomic E-state index is 13.8. The van der Waals surface area contributed by atoms with Crippen molar-refractivity contribution < 1.29 is 13.9 Å². The number of aromatic nitrogens is 2. The topological polar surface area (TPSA) is 55.6 Å². The summed E-state index contributed by atoms with van der Waals surface area (Å²) in [5.74, 6) is -0.714. The molecule has 0 spiro atoms. The van der Waals surface area contributed by atoms with Crippen molar-refractivity contribution in [3.05, 3.63) is 64.8 Å². The molecule has 0 radical (unpaired) electrons. The molecule has 0 saturated heterocycles. The highest BCUT2D eigenvalue weighted by atomic mass is 35.5. The third-order valence-electron chi connectivity index (χ3n) is 3.73. The van der Waals surface area contributed by atoms with E-state index >= 15 is 0 Å². The van der Waals surface area contributed by atoms with E-state index in [1.165, 1.54) is 19.2 Å². The molecule has 0 aliphatic rings. The minimum absolute atomic E-state index is 0.117. The molecule has 1 amide bonds. The van der Waals surface area contributed by atoms with Gasteiger partial charge in [-0.05, 0) is 36.8 Å². The summed E-state index contributed by atoms with van der Waals surface area (Å²) in [6.45, 7) is 1.76. The van der Waals surface area contributed by atoms with E-state index in [0.717, 1.165) is 0 Å². The second kappa shape index (κ2) is 6.49. The van der Waals surface area contributed by atoms with Gasteiger partial charge in [0.15, 0.2) is 22.4 Å². The molecule has 0 bridgehead atoms. The maximum absolute atomic E-state index is 13.8. The van der Waals surface area contributed by atoms with Crippen LogP contribution in [0.3, 0.4) is 0 Å². The zero-order chi connectivity index (χ0) is 17.3. The fraction of sp³-hybridized carbons (Fsp3) is 0.176. The van der Waals surface area contributed by atoms with Crippen molar-refractivity contribution in [3.8, 4) is 5.75 Å². The average molecular weight is 348 g/mol. The number of nitrogens with one attached hydrogen (secondary N) is 1. The highest BCUT2D eigenvalue weighted by molar-refractivity contribution is 6.32. The first-order valence-corrected chi connectivity index (χ1v) is 7.66. The molecule has 2 heterocycles. The Labute approximate surface area is 143 Å². The molecule has 3 aromatic rings. The summed E-state index contributed by atoms with van der Waals surface area (Å²) >= 11 is 6.09. The number of ether oxygens (including phenoxy) is 1. The van der Waals surface area contributed by atoms with E-state index in [-0.39, 0.29) is 22.5 Å². The molecule has 1 atom stereocenters. The Morgan fingerprint density at radius 2 is 2.17 bits per heavy atom. The number of halogens is 2. The minimum Gasteiger partial charge on any atom is -0.494 e. The third-order valence-corrected chi connectivity index (χ3v) is 3.99. The van der Waals surface area contributed by atoms with Crippen LogP contribution in [0.2, 0.25) is 5.15 Å². The Bertz CT molecular complexity index is 910. The number of imidazole rings is 1. The van der Waals surface area contributed by atoms with Gasteiger partial charge in [-0.25, -0.2) is 9.37 Å². The number of benzene rings is 1. The predicted octanol–water partition coefficient (Wildman–Crippen LogP) is 3.63. The van der Waals surface area contributed by atoms with Crippen LogP contribution in [-0.4, -0.2) is 22.4 Å². The minimum atomic E-state index is -0.482. The summed E-state index contributed by atoms with van der Waals surface area (Å²) in [5, 5.41) is 2.92. The molecule has 0 fully saturated rings. The molecule has 124 valence electrons. The lowest BCUT2D eigenvalue weighted by atomic mass is 10.1. The third kappa shape index (κ3) is 2.92. The summed E-state index contributed by atoms with van der Waals surface area (Å²) in [7, 11) is 1.40. The van der Waals surface area contributed by atoms with Gasteiger partial charge in [-0.1, -0.05) is 23.7 Å². The summed E-state index contributed by atoms with van der Waals surface area (Å²) in [5.41, 5.74) is 1.44. The number of pyridine rings is 1. The van der Waals surface area contributed by atoms with Crippen molar-refractivity contribution in [1.29, 1.82) is 0 Å². The molecular weight excluding hydrogens is 333 g/mol. The maximum Gasteiger partial charge on any atom is 0.272 e. The van der Waals surface area contributed by atoms with Crippen LogP contribution in [0, 0.1) is 5.82 Å². The molecule has 1 N–H and O–H groups in total. The van der Waals surface area contributed by atoms with E-state index in [9.17, 15) is 9.18 Å². The fourth-order valence-electron chi connectivity index (χ4n) is 2.47. The molecule has 3 rings (SSSR count). The Morgan fingerprint density at radius 3 is 2.88 bits per heavy atom. The molecule has 7 heteroatoms. The number of hydrogen-bond acceptors (Lipinski definition) is 3. The second-order valence-corrected chi connectivity index (χ2v) is 5.63. The molecule has 0 saturated carbocycles. The van der Waals surface area contributed by atoms with Crippen LogP contribution < -0.4 is 10.1 Å². The van der Waals surface area contributed by atoms with Gasteiger partial charge in [0.05, 0.1) is 13.2 Å². The lowest BCUT2D eigenvalue weighted by Gasteiger charge is -2.15. The lowest BCUT2D eigenvalue weighted by molar-refractivity contribution is 0.0934. The first kappa shape index (κ1) is 16.3. The summed E-state index contributed by atoms with van der Waals surface area (Å²) in [4.78, 5) is 16.7. The first-order chi connectivity index (χ1) is 11.5. The molecule has 1 aromatic carbocycles. The van der Waals surface area contributed by atoms with Crippen LogP contribution in [0.15, 0.2) is 42.6 Å². The molecule has 0 aliphatic heterocycles. The van der Waals surface area contributed by atoms with Crippen molar-refractivity contribution in [3.63, 3.8) is 0 Å². The van der Waals surface area contributed by atoms with Crippen LogP contribution in [0.25, 0.3) is 5.65 Å². The van der Waals surface area contributed by atoms with Gasteiger partial charge in [-0.2, -0.15) is 0 Å². The fourth-order valence-corrected chi connectivity index (χ4v) is 2.73. The van der Waals surface area contributed by atoms with Gasteiger partial charge < -0.3 is 10.1 Å². The first-order valence-electron chi connectivity index (χ1n) is 7.28. The zero-order valence-corrected chi connectivity index (χ0v) is 13.8. The molecule has 0 aliphatic carbocycles. The number of nitrogens with zero attached hydrogens (tertiary/aromatic N) is 2. The zero-order valence-electron chi connectivity index (χ0n) is 13.1. The van der Waals surface area contributed by atoms with E-state index < -0.39 is 11.9 Å². The van der Waals surface area contributed by atoms with Gasteiger partial charge in [0.25, 0.3) is 5.91 Å². The SMILES string of the molecule is COc1ccc(C(C)NC(=O)c2c(Cl)nc3ccccn23)cc1F. The standard InChI is InChI=1S/C17H15ClFN3O2/c1-10(11-6-7-13(24-2)12(19)9-11)20-17(23)15-16(18)21-14-5-3-4-8-22(14)15/h3-10H,1-2H3,(H,20,23). The monoisotopic (exact) mass is 347 g/mol. The van der Waals surface area contributed by atoms with Crippen molar-refractivity contribution in [1.82, 2.24) is 14.7 Å². The largest absolute Gasteiger partial charge is 0.494 e. The number of fused-ring (bicyclic) bond motifs is 1. The summed E-state index contributed by atoms with van der Waals surface area (Å²) in [6, 6.07) is 9.48. The van der Waals surface area contributed by atoms with Gasteiger partial charge in [0, 0.05) is 6.20 Å². The van der Waals surface area contributed by atoms with Gasteiger partial charge >= 0.3 is 0 Å². The van der Waals surface area contributed by atoms with Crippen LogP contribution in [0.1, 0.15) is 29.0 Å². The average Bonchev–Trinajstić information content (AvgIpc) is 2.90. The van der Waals surface area contributed by atoms with Gasteiger partial charge in [0.1, 0.15) is 5.65 Å². The number of methoxy groups -OCH3 is 1. The van der Waals surface area contributed by atoms with Crippen molar-refractivity contribution in [2.24, 2.45) is 0 Å². The number of hydrogen-bond donors (Lipinski definition) is 1. The van der Waals surface area contributed by atoms with Gasteiger partial charge in [-0.15, -0.1) is 0 Å². The van der Waals surface area contributed by atoms with E-state index in [0.29, 0.717) is 11.2 Å². The molecular formula is C17H15ClFN3O2. The predicted molar refractivity (Wildman–Crippen MR) is 89.0 cm³/mol. The number of carbonyl (C=O) groups excluding carboxylic acids is 1. The Kier molecular flexibility index (Phi) is 4.40. The van der Waals surface area contributed by atoms with Crippen molar-refractivity contribution >= 4 is 23.2 Å². The molecule has 24 heavy (non-hydrogen) atoms. The Hall–Kier alpha value is -2.60. The smallest absolute Gasteiger partial charge is 0.272 e. The Morgan fingerprint density at radius 1 is 1.38 bits per heavy atom. The van der Waals surface area contributed by atoms with Gasteiger partial charge in [0.2, 0.25) is 0 Å². The highest BCUT2D eigenvalue weighted by Crippen LogP contribution is 2.23. The highest BCUT2D eigenvalue weighted by Gasteiger charge is 2.20. The molecule has 1 unspecified atom stereocenters. The van der Waals surface area contributed by atoms with Crippen LogP contribution >= 0.6 is 11.6 Å². The lowest BCUT2D eigenvalue weighted by Crippen LogP contribution is -2.28. The van der Waals surface area contributed by atoms with E-state index in [1.807, 2.05) is 6.07 Å². The Balaban J connectivity index is 1.86. The summed E-state index contributed by atoms with van der Waals surface area (Å²) in [6.07, 6.45) is 1.71. The summed E-state index contributed by atoms with van der Waals surface area (Å²) < 4.78 is 20.3. The van der Waals surface area contributed by atoms with E-state index in [1.54, 1.807) is 35.7 Å². The van der Waals surface area contributed by atoms with Crippen LogP contribution in [0.4, 0.5) is 4.39 Å². The number of amides is 1. The molecule has 2 aromatic heterocycles. The van der Waals surface area contributed by atoms with Crippen LogP contribution in [-0.2, 0) is 0 Å². The van der Waals surface area contributed by atoms with Gasteiger partial charge in [-0.3, -0.25) is 9.20 Å². The van der Waals surface area contributed by atoms with Crippen molar-refractivity contribution in [2.75, 3.05) is 7.11 Å². The van der Waals surface area contributed by atoms with E-state index in [2.05, 4.69) is 10.3 Å². The van der Waals surface area contributed by atoms with Crippen LogP contribution in [0.5, 0.6) is 5.75 Å². The quantitative estimate of drug-likeness (QED) is 0.784. The van der Waals surface area contributed by atoms with E-state index in [4.69, 9.17) is 16.3 Å². The normalized spacial score (nSPS) is 12.2.